The number of nitrogens with one attached hydrogen (secondary N) is 1. The fourth-order valence-corrected chi connectivity index (χ4v) is 1.78. The van der Waals surface area contributed by atoms with Crippen molar-refractivity contribution in [1.29, 1.82) is 0 Å². The molecule has 0 aliphatic heterocycles. The van der Waals surface area contributed by atoms with Gasteiger partial charge in [-0.15, -0.1) is 5.10 Å². The molecule has 0 atom stereocenters. The summed E-state index contributed by atoms with van der Waals surface area (Å²) < 4.78 is 1.89. The largest absolute Gasteiger partial charge is 0.354 e. The van der Waals surface area contributed by atoms with Gasteiger partial charge in [0.25, 0.3) is 0 Å². The van der Waals surface area contributed by atoms with Gasteiger partial charge in [0.05, 0.1) is 5.69 Å². The van der Waals surface area contributed by atoms with E-state index < -0.39 is 0 Å². The van der Waals surface area contributed by atoms with Crippen LogP contribution in [0.4, 0.5) is 0 Å². The summed E-state index contributed by atoms with van der Waals surface area (Å²) in [5, 5.41) is 11.1. The number of aromatic nitrogens is 3. The van der Waals surface area contributed by atoms with E-state index in [1.54, 1.807) is 0 Å². The maximum Gasteiger partial charge on any atom is 0.220 e. The van der Waals surface area contributed by atoms with E-state index in [-0.39, 0.29) is 11.9 Å². The SMILES string of the molecule is CC(C)CCn1cc(CCCC(=O)NC(C)C)nn1. The topological polar surface area (TPSA) is 59.8 Å². The second-order valence-electron chi connectivity index (χ2n) is 5.73. The third-order valence-electron chi connectivity index (χ3n) is 2.81. The lowest BCUT2D eigenvalue weighted by Crippen LogP contribution is -2.29. The molecule has 0 saturated carbocycles. The maximum absolute atomic E-state index is 11.5. The van der Waals surface area contributed by atoms with Crippen molar-refractivity contribution in [2.75, 3.05) is 0 Å². The number of carbonyl (C=O) groups is 1. The Bertz CT molecular complexity index is 385. The Kier molecular flexibility index (Phi) is 6.53. The Hall–Kier alpha value is -1.39. The molecule has 1 aromatic rings. The Morgan fingerprint density at radius 1 is 1.37 bits per heavy atom. The van der Waals surface area contributed by atoms with Gasteiger partial charge in [-0.1, -0.05) is 19.1 Å². The Balaban J connectivity index is 2.24. The van der Waals surface area contributed by atoms with Crippen molar-refractivity contribution in [2.45, 2.75) is 66.0 Å². The minimum Gasteiger partial charge on any atom is -0.354 e. The minimum absolute atomic E-state index is 0.113. The summed E-state index contributed by atoms with van der Waals surface area (Å²) in [7, 11) is 0. The summed E-state index contributed by atoms with van der Waals surface area (Å²) in [5.41, 5.74) is 0.973. The van der Waals surface area contributed by atoms with E-state index in [1.807, 2.05) is 24.7 Å². The van der Waals surface area contributed by atoms with E-state index in [2.05, 4.69) is 29.5 Å². The molecular weight excluding hydrogens is 240 g/mol. The van der Waals surface area contributed by atoms with Crippen LogP contribution in [0.15, 0.2) is 6.20 Å². The van der Waals surface area contributed by atoms with E-state index >= 15 is 0 Å². The van der Waals surface area contributed by atoms with Crippen LogP contribution < -0.4 is 5.32 Å². The monoisotopic (exact) mass is 266 g/mol. The molecule has 5 nitrogen and oxygen atoms in total. The summed E-state index contributed by atoms with van der Waals surface area (Å²) in [6.07, 6.45) is 5.29. The summed E-state index contributed by atoms with van der Waals surface area (Å²) >= 11 is 0. The van der Waals surface area contributed by atoms with Crippen LogP contribution >= 0.6 is 0 Å². The van der Waals surface area contributed by atoms with E-state index in [0.29, 0.717) is 12.3 Å². The molecule has 1 heterocycles. The molecule has 0 saturated heterocycles. The number of rotatable bonds is 8. The fraction of sp³-hybridized carbons (Fsp3) is 0.786. The zero-order chi connectivity index (χ0) is 14.3. The molecule has 0 fully saturated rings. The van der Waals surface area contributed by atoms with Gasteiger partial charge in [0.15, 0.2) is 0 Å². The zero-order valence-corrected chi connectivity index (χ0v) is 12.5. The van der Waals surface area contributed by atoms with Crippen molar-refractivity contribution in [2.24, 2.45) is 5.92 Å². The molecule has 108 valence electrons. The number of hydrogen-bond acceptors (Lipinski definition) is 3. The number of amides is 1. The van der Waals surface area contributed by atoms with Crippen LogP contribution in [0.5, 0.6) is 0 Å². The molecular formula is C14H26N4O. The van der Waals surface area contributed by atoms with Crippen molar-refractivity contribution in [3.63, 3.8) is 0 Å². The summed E-state index contributed by atoms with van der Waals surface area (Å²) in [6.45, 7) is 9.26. The molecule has 0 radical (unpaired) electrons. The van der Waals surface area contributed by atoms with Gasteiger partial charge in [0, 0.05) is 25.2 Å². The maximum atomic E-state index is 11.5. The Morgan fingerprint density at radius 3 is 2.74 bits per heavy atom. The molecule has 0 spiro atoms. The molecule has 0 aliphatic carbocycles. The predicted octanol–water partition coefficient (Wildman–Crippen LogP) is 2.17. The van der Waals surface area contributed by atoms with E-state index in [1.165, 1.54) is 0 Å². The average Bonchev–Trinajstić information content (AvgIpc) is 2.73. The summed E-state index contributed by atoms with van der Waals surface area (Å²) in [6, 6.07) is 0.212. The fourth-order valence-electron chi connectivity index (χ4n) is 1.78. The average molecular weight is 266 g/mol. The molecule has 1 amide bonds. The molecule has 0 aromatic carbocycles. The number of nitrogens with zero attached hydrogens (tertiary/aromatic N) is 3. The molecule has 1 N–H and O–H groups in total. The smallest absolute Gasteiger partial charge is 0.220 e. The third kappa shape index (κ3) is 6.94. The minimum atomic E-state index is 0.113. The first-order valence-corrected chi connectivity index (χ1v) is 7.15. The molecule has 0 bridgehead atoms. The van der Waals surface area contributed by atoms with Crippen molar-refractivity contribution < 1.29 is 4.79 Å². The van der Waals surface area contributed by atoms with Crippen LogP contribution in [0.2, 0.25) is 0 Å². The van der Waals surface area contributed by atoms with Gasteiger partial charge in [-0.25, -0.2) is 0 Å². The normalized spacial score (nSPS) is 11.3. The van der Waals surface area contributed by atoms with Crippen molar-refractivity contribution in [1.82, 2.24) is 20.3 Å². The van der Waals surface area contributed by atoms with Crippen LogP contribution in [0, 0.1) is 5.92 Å². The lowest BCUT2D eigenvalue weighted by atomic mass is 10.1. The first-order chi connectivity index (χ1) is 8.97. The van der Waals surface area contributed by atoms with Gasteiger partial charge in [-0.05, 0) is 39.0 Å². The highest BCUT2D eigenvalue weighted by Crippen LogP contribution is 2.05. The highest BCUT2D eigenvalue weighted by atomic mass is 16.1. The summed E-state index contributed by atoms with van der Waals surface area (Å²) in [5.74, 6) is 0.787. The standard InChI is InChI=1S/C14H26N4O/c1-11(2)8-9-18-10-13(16-17-18)6-5-7-14(19)15-12(3)4/h10-12H,5-9H2,1-4H3,(H,15,19). The molecule has 5 heteroatoms. The van der Waals surface area contributed by atoms with E-state index in [9.17, 15) is 4.79 Å². The van der Waals surface area contributed by atoms with E-state index in [4.69, 9.17) is 0 Å². The summed E-state index contributed by atoms with van der Waals surface area (Å²) in [4.78, 5) is 11.5. The third-order valence-corrected chi connectivity index (χ3v) is 2.81. The van der Waals surface area contributed by atoms with Crippen LogP contribution in [-0.2, 0) is 17.8 Å². The molecule has 1 aromatic heterocycles. The quantitative estimate of drug-likeness (QED) is 0.784. The molecule has 0 aliphatic rings. The molecule has 19 heavy (non-hydrogen) atoms. The molecule has 0 unspecified atom stereocenters. The molecule has 1 rings (SSSR count). The van der Waals surface area contributed by atoms with Crippen LogP contribution in [-0.4, -0.2) is 26.9 Å². The highest BCUT2D eigenvalue weighted by Gasteiger charge is 2.05. The van der Waals surface area contributed by atoms with Gasteiger partial charge in [0.2, 0.25) is 5.91 Å². The van der Waals surface area contributed by atoms with Gasteiger partial charge in [-0.3, -0.25) is 9.48 Å². The van der Waals surface area contributed by atoms with E-state index in [0.717, 1.165) is 31.5 Å². The van der Waals surface area contributed by atoms with Crippen LogP contribution in [0.25, 0.3) is 0 Å². The number of carbonyl (C=O) groups excluding carboxylic acids is 1. The number of aryl methyl sites for hydroxylation is 2. The second kappa shape index (κ2) is 7.92. The van der Waals surface area contributed by atoms with Crippen LogP contribution in [0.3, 0.4) is 0 Å². The van der Waals surface area contributed by atoms with Gasteiger partial charge in [0.1, 0.15) is 0 Å². The predicted molar refractivity (Wildman–Crippen MR) is 75.7 cm³/mol. The van der Waals surface area contributed by atoms with Crippen molar-refractivity contribution in [3.8, 4) is 0 Å². The van der Waals surface area contributed by atoms with Gasteiger partial charge in [-0.2, -0.15) is 0 Å². The number of hydrogen-bond donors (Lipinski definition) is 1. The van der Waals surface area contributed by atoms with Crippen LogP contribution in [0.1, 0.15) is 52.7 Å². The second-order valence-corrected chi connectivity index (χ2v) is 5.73. The Labute approximate surface area is 115 Å². The lowest BCUT2D eigenvalue weighted by molar-refractivity contribution is -0.121. The first-order valence-electron chi connectivity index (χ1n) is 7.15. The van der Waals surface area contributed by atoms with Crippen molar-refractivity contribution >= 4 is 5.91 Å². The van der Waals surface area contributed by atoms with Gasteiger partial charge >= 0.3 is 0 Å². The van der Waals surface area contributed by atoms with Gasteiger partial charge < -0.3 is 5.32 Å². The highest BCUT2D eigenvalue weighted by molar-refractivity contribution is 5.76. The first kappa shape index (κ1) is 15.7. The Morgan fingerprint density at radius 2 is 2.11 bits per heavy atom. The lowest BCUT2D eigenvalue weighted by Gasteiger charge is -2.07. The van der Waals surface area contributed by atoms with Crippen molar-refractivity contribution in [3.05, 3.63) is 11.9 Å². The zero-order valence-electron chi connectivity index (χ0n) is 12.5.